The maximum atomic E-state index is 11.0. The molecule has 0 aromatic rings. The Bertz CT molecular complexity index is 1050. The molecule has 51 heavy (non-hydrogen) atoms. The van der Waals surface area contributed by atoms with Gasteiger partial charge in [-0.05, 0) is 204 Å². The maximum Gasteiger partial charge on any atom is 0.0622 e. The molecule has 0 aromatic heterocycles. The molecule has 6 N–H and O–H groups in total. The van der Waals surface area contributed by atoms with Crippen molar-refractivity contribution in [2.75, 3.05) is 6.61 Å². The standard InChI is InChI=1S/C45H84O6/c1-37(2)19-13-26-41(6,47)28-15-30-43(8,49)32-17-34-45(10,51)35-18-33-44(9,50)31-16-29-42(7,48)27-14-24-39(4)22-11-20-38(3)21-12-23-40(5)25-36-46/h19,21-22,25,46-51H,11-18,20,23-24,26-36H2,1-10H3/b38-21+,39-22+,40-25+/t41-,42-,43+,44-,45+/m1/s1. The summed E-state index contributed by atoms with van der Waals surface area (Å²) in [5, 5.41) is 63.6. The number of hydrogen-bond acceptors (Lipinski definition) is 6. The molecule has 6 nitrogen and oxygen atoms in total. The van der Waals surface area contributed by atoms with Crippen molar-refractivity contribution in [3.63, 3.8) is 0 Å². The summed E-state index contributed by atoms with van der Waals surface area (Å²) in [5.74, 6) is 0. The van der Waals surface area contributed by atoms with E-state index in [1.807, 2.05) is 40.7 Å². The van der Waals surface area contributed by atoms with Crippen LogP contribution in [-0.4, -0.2) is 65.3 Å². The van der Waals surface area contributed by atoms with Crippen LogP contribution in [0, 0.1) is 0 Å². The van der Waals surface area contributed by atoms with Gasteiger partial charge in [-0.3, -0.25) is 0 Å². The summed E-state index contributed by atoms with van der Waals surface area (Å²) in [7, 11) is 0. The Labute approximate surface area is 315 Å². The van der Waals surface area contributed by atoms with Crippen LogP contribution in [0.4, 0.5) is 0 Å². The number of aliphatic hydroxyl groups is 6. The Morgan fingerprint density at radius 1 is 0.373 bits per heavy atom. The molecule has 0 saturated heterocycles. The van der Waals surface area contributed by atoms with Gasteiger partial charge in [-0.2, -0.15) is 0 Å². The fraction of sp³-hybridized carbons (Fsp3) is 0.822. The van der Waals surface area contributed by atoms with E-state index in [9.17, 15) is 25.5 Å². The molecule has 0 saturated carbocycles. The van der Waals surface area contributed by atoms with Crippen LogP contribution in [0.3, 0.4) is 0 Å². The predicted molar refractivity (Wildman–Crippen MR) is 218 cm³/mol. The van der Waals surface area contributed by atoms with Gasteiger partial charge >= 0.3 is 0 Å². The first-order valence-electron chi connectivity index (χ1n) is 20.3. The average molecular weight is 721 g/mol. The lowest BCUT2D eigenvalue weighted by atomic mass is 9.84. The number of rotatable bonds is 30. The smallest absolute Gasteiger partial charge is 0.0622 e. The van der Waals surface area contributed by atoms with E-state index in [0.717, 1.165) is 83.5 Å². The first-order chi connectivity index (χ1) is 23.5. The number of allylic oxidation sites excluding steroid dienone is 7. The fourth-order valence-corrected chi connectivity index (χ4v) is 7.00. The Balaban J connectivity index is 4.33. The molecule has 0 bridgehead atoms. The van der Waals surface area contributed by atoms with Gasteiger partial charge in [0.15, 0.2) is 0 Å². The van der Waals surface area contributed by atoms with Crippen molar-refractivity contribution in [1.82, 2.24) is 0 Å². The summed E-state index contributed by atoms with van der Waals surface area (Å²) in [5.41, 5.74) is 1.32. The van der Waals surface area contributed by atoms with Crippen LogP contribution in [0.25, 0.3) is 0 Å². The first-order valence-corrected chi connectivity index (χ1v) is 20.3. The minimum atomic E-state index is -0.843. The van der Waals surface area contributed by atoms with Crippen molar-refractivity contribution >= 4 is 0 Å². The van der Waals surface area contributed by atoms with Crippen molar-refractivity contribution in [3.8, 4) is 0 Å². The third kappa shape index (κ3) is 29.8. The van der Waals surface area contributed by atoms with Crippen LogP contribution in [0.1, 0.15) is 204 Å². The van der Waals surface area contributed by atoms with E-state index in [4.69, 9.17) is 5.11 Å². The summed E-state index contributed by atoms with van der Waals surface area (Å²) in [6.45, 7) is 20.1. The SMILES string of the molecule is CC(C)=CCC[C@@](C)(O)CCC[C@](C)(O)CCC[C@](C)(O)CCC[C@](C)(O)CCC[C@](C)(O)CCC/C(C)=C/CC/C(C)=C/CC/C(C)=C/CO. The Hall–Kier alpha value is -1.28. The maximum absolute atomic E-state index is 11.0. The summed E-state index contributed by atoms with van der Waals surface area (Å²) in [4.78, 5) is 0. The summed E-state index contributed by atoms with van der Waals surface area (Å²) >= 11 is 0. The third-order valence-electron chi connectivity index (χ3n) is 10.7. The van der Waals surface area contributed by atoms with E-state index in [0.29, 0.717) is 51.4 Å². The highest BCUT2D eigenvalue weighted by atomic mass is 16.3. The topological polar surface area (TPSA) is 121 Å². The number of hydrogen-bond donors (Lipinski definition) is 6. The largest absolute Gasteiger partial charge is 0.392 e. The third-order valence-corrected chi connectivity index (χ3v) is 10.7. The van der Waals surface area contributed by atoms with E-state index in [2.05, 4.69) is 52.8 Å². The molecular weight excluding hydrogens is 636 g/mol. The molecule has 0 rings (SSSR count). The molecule has 0 fully saturated rings. The van der Waals surface area contributed by atoms with Crippen LogP contribution >= 0.6 is 0 Å². The van der Waals surface area contributed by atoms with E-state index in [1.54, 1.807) is 0 Å². The summed E-state index contributed by atoms with van der Waals surface area (Å²) in [6, 6.07) is 0. The minimum absolute atomic E-state index is 0.115. The van der Waals surface area contributed by atoms with Gasteiger partial charge in [-0.1, -0.05) is 46.6 Å². The quantitative estimate of drug-likeness (QED) is 0.0411. The zero-order chi connectivity index (χ0) is 39.2. The lowest BCUT2D eigenvalue weighted by Gasteiger charge is -2.30. The second-order valence-electron chi connectivity index (χ2n) is 18.0. The molecule has 5 atom stereocenters. The molecule has 0 unspecified atom stereocenters. The van der Waals surface area contributed by atoms with Crippen LogP contribution < -0.4 is 0 Å². The van der Waals surface area contributed by atoms with Gasteiger partial charge in [-0.25, -0.2) is 0 Å². The van der Waals surface area contributed by atoms with Gasteiger partial charge in [0.2, 0.25) is 0 Å². The zero-order valence-corrected chi connectivity index (χ0v) is 35.0. The van der Waals surface area contributed by atoms with Crippen molar-refractivity contribution in [1.29, 1.82) is 0 Å². The Morgan fingerprint density at radius 3 is 1.00 bits per heavy atom. The van der Waals surface area contributed by atoms with Gasteiger partial charge in [0.05, 0.1) is 34.6 Å². The highest BCUT2D eigenvalue weighted by Crippen LogP contribution is 2.31. The molecule has 0 aliphatic rings. The highest BCUT2D eigenvalue weighted by molar-refractivity contribution is 5.06. The molecule has 300 valence electrons. The van der Waals surface area contributed by atoms with Crippen LogP contribution in [0.15, 0.2) is 46.6 Å². The second kappa shape index (κ2) is 24.9. The molecular formula is C45H84O6. The lowest BCUT2D eigenvalue weighted by Crippen LogP contribution is -2.30. The van der Waals surface area contributed by atoms with Crippen molar-refractivity contribution in [2.24, 2.45) is 0 Å². The van der Waals surface area contributed by atoms with Gasteiger partial charge < -0.3 is 30.6 Å². The van der Waals surface area contributed by atoms with E-state index in [1.165, 1.54) is 22.3 Å². The van der Waals surface area contributed by atoms with Crippen LogP contribution in [0.5, 0.6) is 0 Å². The van der Waals surface area contributed by atoms with Gasteiger partial charge in [0.1, 0.15) is 0 Å². The predicted octanol–water partition coefficient (Wildman–Crippen LogP) is 10.7. The normalized spacial score (nSPS) is 19.1. The van der Waals surface area contributed by atoms with Gasteiger partial charge in [-0.15, -0.1) is 0 Å². The molecule has 0 heterocycles. The number of aliphatic hydroxyl groups excluding tert-OH is 1. The van der Waals surface area contributed by atoms with Crippen molar-refractivity contribution in [3.05, 3.63) is 46.6 Å². The van der Waals surface area contributed by atoms with Gasteiger partial charge in [0.25, 0.3) is 0 Å². The fourth-order valence-electron chi connectivity index (χ4n) is 7.00. The lowest BCUT2D eigenvalue weighted by molar-refractivity contribution is -0.00579. The monoisotopic (exact) mass is 721 g/mol. The van der Waals surface area contributed by atoms with Gasteiger partial charge in [0, 0.05) is 0 Å². The Kier molecular flexibility index (Phi) is 24.3. The van der Waals surface area contributed by atoms with E-state index < -0.39 is 28.0 Å². The highest BCUT2D eigenvalue weighted by Gasteiger charge is 2.28. The molecule has 0 radical (unpaired) electrons. The zero-order valence-electron chi connectivity index (χ0n) is 35.0. The summed E-state index contributed by atoms with van der Waals surface area (Å²) < 4.78 is 0. The second-order valence-corrected chi connectivity index (χ2v) is 18.0. The molecule has 0 spiro atoms. The molecule has 0 amide bonds. The molecule has 0 aliphatic carbocycles. The minimum Gasteiger partial charge on any atom is -0.392 e. The Morgan fingerprint density at radius 2 is 0.667 bits per heavy atom. The average Bonchev–Trinajstić information content (AvgIpc) is 2.96. The molecule has 6 heteroatoms. The van der Waals surface area contributed by atoms with E-state index in [-0.39, 0.29) is 6.61 Å². The van der Waals surface area contributed by atoms with Crippen LogP contribution in [-0.2, 0) is 0 Å². The summed E-state index contributed by atoms with van der Waals surface area (Å²) in [6.07, 6.45) is 25.0. The molecule has 0 aliphatic heterocycles. The van der Waals surface area contributed by atoms with E-state index >= 15 is 0 Å². The van der Waals surface area contributed by atoms with Crippen molar-refractivity contribution in [2.45, 2.75) is 232 Å². The van der Waals surface area contributed by atoms with Crippen LogP contribution in [0.2, 0.25) is 0 Å². The first kappa shape index (κ1) is 49.7. The molecule has 0 aromatic carbocycles. The van der Waals surface area contributed by atoms with Crippen molar-refractivity contribution < 1.29 is 30.6 Å².